The summed E-state index contributed by atoms with van der Waals surface area (Å²) in [4.78, 5) is 6.75. The maximum atomic E-state index is 9.28. The monoisotopic (exact) mass is 276 g/mol. The van der Waals surface area contributed by atoms with Gasteiger partial charge in [-0.25, -0.2) is 4.98 Å². The van der Waals surface area contributed by atoms with Gasteiger partial charge in [-0.2, -0.15) is 0 Å². The summed E-state index contributed by atoms with van der Waals surface area (Å²) in [6, 6.07) is 10.6. The van der Waals surface area contributed by atoms with Crippen molar-refractivity contribution in [1.29, 1.82) is 0 Å². The van der Waals surface area contributed by atoms with E-state index in [1.807, 2.05) is 25.1 Å². The Balaban J connectivity index is 2.10. The van der Waals surface area contributed by atoms with Gasteiger partial charge in [-0.1, -0.05) is 30.3 Å². The van der Waals surface area contributed by atoms with Crippen molar-refractivity contribution in [3.8, 4) is 0 Å². The highest BCUT2D eigenvalue weighted by Crippen LogP contribution is 2.24. The third kappa shape index (κ3) is 3.86. The Morgan fingerprint density at radius 2 is 2.05 bits per heavy atom. The van der Waals surface area contributed by atoms with E-state index in [1.54, 1.807) is 11.3 Å². The van der Waals surface area contributed by atoms with E-state index in [0.29, 0.717) is 0 Å². The fourth-order valence-electron chi connectivity index (χ4n) is 2.29. The molecule has 2 aromatic rings. The van der Waals surface area contributed by atoms with Crippen molar-refractivity contribution in [3.05, 3.63) is 52.0 Å². The standard InChI is InChI=1S/C15H20N2OS/c1-12-16-14(11-19-12)10-17(2)15(8-9-18)13-6-4-3-5-7-13/h3-7,11,15,18H,8-10H2,1-2H3/t15-/m1/s1. The molecule has 1 aromatic carbocycles. The van der Waals surface area contributed by atoms with E-state index in [9.17, 15) is 5.11 Å². The highest BCUT2D eigenvalue weighted by Gasteiger charge is 2.17. The van der Waals surface area contributed by atoms with Crippen LogP contribution in [0.25, 0.3) is 0 Å². The highest BCUT2D eigenvalue weighted by molar-refractivity contribution is 7.09. The number of hydrogen-bond acceptors (Lipinski definition) is 4. The first-order chi connectivity index (χ1) is 9.20. The lowest BCUT2D eigenvalue weighted by atomic mass is 10.0. The molecule has 1 heterocycles. The predicted molar refractivity (Wildman–Crippen MR) is 79.2 cm³/mol. The quantitative estimate of drug-likeness (QED) is 0.881. The summed E-state index contributed by atoms with van der Waals surface area (Å²) in [6.07, 6.45) is 0.740. The van der Waals surface area contributed by atoms with Gasteiger partial charge in [-0.3, -0.25) is 4.90 Å². The van der Waals surface area contributed by atoms with Crippen LogP contribution < -0.4 is 0 Å². The van der Waals surface area contributed by atoms with E-state index in [0.717, 1.165) is 23.7 Å². The second kappa shape index (κ2) is 6.80. The molecule has 1 atom stereocenters. The zero-order chi connectivity index (χ0) is 13.7. The zero-order valence-electron chi connectivity index (χ0n) is 11.4. The van der Waals surface area contributed by atoms with E-state index >= 15 is 0 Å². The van der Waals surface area contributed by atoms with Gasteiger partial charge >= 0.3 is 0 Å². The van der Waals surface area contributed by atoms with Crippen LogP contribution in [0.2, 0.25) is 0 Å². The number of hydrogen-bond donors (Lipinski definition) is 1. The maximum Gasteiger partial charge on any atom is 0.0897 e. The van der Waals surface area contributed by atoms with Gasteiger partial charge in [0.15, 0.2) is 0 Å². The predicted octanol–water partition coefficient (Wildman–Crippen LogP) is 3.01. The Bertz CT molecular complexity index is 498. The summed E-state index contributed by atoms with van der Waals surface area (Å²) in [7, 11) is 2.09. The van der Waals surface area contributed by atoms with Gasteiger partial charge in [0.25, 0.3) is 0 Å². The average molecular weight is 276 g/mol. The van der Waals surface area contributed by atoms with Crippen molar-refractivity contribution in [2.24, 2.45) is 0 Å². The first kappa shape index (κ1) is 14.2. The number of aromatic nitrogens is 1. The molecule has 19 heavy (non-hydrogen) atoms. The third-order valence-corrected chi connectivity index (χ3v) is 4.02. The van der Waals surface area contributed by atoms with Gasteiger partial charge in [0.05, 0.1) is 10.7 Å². The van der Waals surface area contributed by atoms with Crippen LogP contribution in [-0.4, -0.2) is 28.6 Å². The topological polar surface area (TPSA) is 36.4 Å². The molecule has 0 saturated carbocycles. The number of rotatable bonds is 6. The van der Waals surface area contributed by atoms with Crippen molar-refractivity contribution in [2.45, 2.75) is 25.9 Å². The molecular formula is C15H20N2OS. The molecule has 3 nitrogen and oxygen atoms in total. The first-order valence-electron chi connectivity index (χ1n) is 6.47. The Morgan fingerprint density at radius 3 is 2.63 bits per heavy atom. The van der Waals surface area contributed by atoms with E-state index < -0.39 is 0 Å². The van der Waals surface area contributed by atoms with E-state index in [1.165, 1.54) is 5.56 Å². The first-order valence-corrected chi connectivity index (χ1v) is 7.35. The van der Waals surface area contributed by atoms with Crippen molar-refractivity contribution in [3.63, 3.8) is 0 Å². The minimum Gasteiger partial charge on any atom is -0.396 e. The Labute approximate surface area is 118 Å². The third-order valence-electron chi connectivity index (χ3n) is 3.20. The molecule has 0 aliphatic rings. The number of aliphatic hydroxyl groups excluding tert-OH is 1. The second-order valence-electron chi connectivity index (χ2n) is 4.71. The van der Waals surface area contributed by atoms with Crippen LogP contribution in [-0.2, 0) is 6.54 Å². The summed E-state index contributed by atoms with van der Waals surface area (Å²) >= 11 is 1.68. The fourth-order valence-corrected chi connectivity index (χ4v) is 2.89. The Morgan fingerprint density at radius 1 is 1.32 bits per heavy atom. The van der Waals surface area contributed by atoms with Crippen LogP contribution in [0.5, 0.6) is 0 Å². The molecule has 0 fully saturated rings. The lowest BCUT2D eigenvalue weighted by Crippen LogP contribution is -2.25. The summed E-state index contributed by atoms with van der Waals surface area (Å²) in [5.41, 5.74) is 2.34. The molecule has 0 saturated heterocycles. The summed E-state index contributed by atoms with van der Waals surface area (Å²) in [6.45, 7) is 3.03. The summed E-state index contributed by atoms with van der Waals surface area (Å²) in [5.74, 6) is 0. The second-order valence-corrected chi connectivity index (χ2v) is 5.77. The minimum atomic E-state index is 0.194. The Hall–Kier alpha value is -1.23. The zero-order valence-corrected chi connectivity index (χ0v) is 12.2. The minimum absolute atomic E-state index is 0.194. The summed E-state index contributed by atoms with van der Waals surface area (Å²) in [5, 5.41) is 12.5. The molecular weight excluding hydrogens is 256 g/mol. The SMILES string of the molecule is Cc1nc(CN(C)[C@H](CCO)c2ccccc2)cs1. The van der Waals surface area contributed by atoms with E-state index in [4.69, 9.17) is 0 Å². The summed E-state index contributed by atoms with van der Waals surface area (Å²) < 4.78 is 0. The number of nitrogens with zero attached hydrogens (tertiary/aromatic N) is 2. The molecule has 102 valence electrons. The van der Waals surface area contributed by atoms with Crippen LogP contribution in [0.1, 0.15) is 28.7 Å². The normalized spacial score (nSPS) is 12.8. The lowest BCUT2D eigenvalue weighted by molar-refractivity contribution is 0.179. The smallest absolute Gasteiger partial charge is 0.0897 e. The van der Waals surface area contributed by atoms with Crippen molar-refractivity contribution < 1.29 is 5.11 Å². The van der Waals surface area contributed by atoms with Crippen molar-refractivity contribution >= 4 is 11.3 Å². The van der Waals surface area contributed by atoms with Gasteiger partial charge in [0.1, 0.15) is 0 Å². The average Bonchev–Trinajstić information content (AvgIpc) is 2.82. The highest BCUT2D eigenvalue weighted by atomic mass is 32.1. The van der Waals surface area contributed by atoms with Crippen molar-refractivity contribution in [1.82, 2.24) is 9.88 Å². The van der Waals surface area contributed by atoms with Gasteiger partial charge in [-0.15, -0.1) is 11.3 Å². The number of benzene rings is 1. The lowest BCUT2D eigenvalue weighted by Gasteiger charge is -2.27. The fraction of sp³-hybridized carbons (Fsp3) is 0.400. The van der Waals surface area contributed by atoms with Crippen LogP contribution in [0, 0.1) is 6.92 Å². The van der Waals surface area contributed by atoms with Gasteiger partial charge in [0.2, 0.25) is 0 Å². The van der Waals surface area contributed by atoms with E-state index in [2.05, 4.69) is 34.4 Å². The van der Waals surface area contributed by atoms with Crippen LogP contribution in [0.4, 0.5) is 0 Å². The molecule has 4 heteroatoms. The number of aryl methyl sites for hydroxylation is 1. The molecule has 0 radical (unpaired) electrons. The molecule has 0 spiro atoms. The maximum absolute atomic E-state index is 9.28. The molecule has 1 N–H and O–H groups in total. The largest absolute Gasteiger partial charge is 0.396 e. The van der Waals surface area contributed by atoms with Gasteiger partial charge < -0.3 is 5.11 Å². The molecule has 2 rings (SSSR count). The van der Waals surface area contributed by atoms with Crippen LogP contribution in [0.3, 0.4) is 0 Å². The van der Waals surface area contributed by atoms with Gasteiger partial charge in [-0.05, 0) is 26.0 Å². The number of thiazole rings is 1. The number of aliphatic hydroxyl groups is 1. The van der Waals surface area contributed by atoms with E-state index in [-0.39, 0.29) is 12.6 Å². The van der Waals surface area contributed by atoms with Crippen molar-refractivity contribution in [2.75, 3.05) is 13.7 Å². The van der Waals surface area contributed by atoms with Gasteiger partial charge in [0, 0.05) is 24.6 Å². The molecule has 1 aromatic heterocycles. The molecule has 0 unspecified atom stereocenters. The molecule has 0 aliphatic heterocycles. The molecule has 0 aliphatic carbocycles. The van der Waals surface area contributed by atoms with Crippen LogP contribution in [0.15, 0.2) is 35.7 Å². The molecule has 0 amide bonds. The molecule has 0 bridgehead atoms. The Kier molecular flexibility index (Phi) is 5.07. The van der Waals surface area contributed by atoms with Crippen LogP contribution >= 0.6 is 11.3 Å².